The first kappa shape index (κ1) is 15.0. The molecular weight excluding hydrogens is 291 g/mol. The minimum atomic E-state index is -0.686. The molecule has 0 atom stereocenters. The third-order valence-electron chi connectivity index (χ3n) is 2.52. The Morgan fingerprint density at radius 2 is 2.05 bits per heavy atom. The number of pyridine rings is 1. The lowest BCUT2D eigenvalue weighted by atomic mass is 10.2. The van der Waals surface area contributed by atoms with Gasteiger partial charge in [-0.3, -0.25) is 4.79 Å². The summed E-state index contributed by atoms with van der Waals surface area (Å²) in [6, 6.07) is 13.6. The zero-order chi connectivity index (χ0) is 15.1. The highest BCUT2D eigenvalue weighted by Gasteiger charge is 2.10. The number of benzene rings is 1. The van der Waals surface area contributed by atoms with E-state index < -0.39 is 11.9 Å². The summed E-state index contributed by atoms with van der Waals surface area (Å²) in [4.78, 5) is 15.2. The average molecular weight is 302 g/mol. The molecule has 0 radical (unpaired) electrons. The molecule has 0 unspecified atom stereocenters. The van der Waals surface area contributed by atoms with Gasteiger partial charge in [-0.2, -0.15) is 9.65 Å². The highest BCUT2D eigenvalue weighted by atomic mass is 32.2. The van der Waals surface area contributed by atoms with Crippen LogP contribution in [0.5, 0.6) is 0 Å². The number of rotatable bonds is 5. The summed E-state index contributed by atoms with van der Waals surface area (Å²) >= 11 is 0.981. The van der Waals surface area contributed by atoms with Gasteiger partial charge in [0.1, 0.15) is 17.7 Å². The van der Waals surface area contributed by atoms with E-state index in [1.54, 1.807) is 0 Å². The molecule has 21 heavy (non-hydrogen) atoms. The summed E-state index contributed by atoms with van der Waals surface area (Å²) in [5, 5.41) is 9.07. The Kier molecular flexibility index (Phi) is 5.29. The molecule has 0 saturated heterocycles. The third kappa shape index (κ3) is 4.58. The van der Waals surface area contributed by atoms with Crippen LogP contribution in [0.2, 0.25) is 0 Å². The monoisotopic (exact) mass is 302 g/mol. The molecule has 4 nitrogen and oxygen atoms in total. The number of hydrogen-bond acceptors (Lipinski definition) is 5. The maximum Gasteiger partial charge on any atom is 0.316 e. The van der Waals surface area contributed by atoms with Gasteiger partial charge in [-0.05, 0) is 17.7 Å². The summed E-state index contributed by atoms with van der Waals surface area (Å²) in [6.45, 7) is 0.182. The van der Waals surface area contributed by atoms with Crippen molar-refractivity contribution >= 4 is 17.7 Å². The average Bonchev–Trinajstić information content (AvgIpc) is 2.52. The number of esters is 1. The fourth-order valence-corrected chi connectivity index (χ4v) is 2.28. The fraction of sp³-hybridized carbons (Fsp3) is 0.133. The number of hydrogen-bond donors (Lipinski definition) is 0. The van der Waals surface area contributed by atoms with Crippen molar-refractivity contribution in [3.05, 3.63) is 59.5 Å². The Balaban J connectivity index is 1.87. The second kappa shape index (κ2) is 7.41. The molecule has 0 spiro atoms. The molecule has 6 heteroatoms. The molecule has 0 aliphatic heterocycles. The Morgan fingerprint density at radius 3 is 2.76 bits per heavy atom. The van der Waals surface area contributed by atoms with Gasteiger partial charge in [0.15, 0.2) is 0 Å². The molecule has 0 fully saturated rings. The van der Waals surface area contributed by atoms with Crippen LogP contribution in [0.25, 0.3) is 0 Å². The number of halogens is 1. The number of thioether (sulfide) groups is 1. The van der Waals surface area contributed by atoms with Gasteiger partial charge in [-0.25, -0.2) is 4.98 Å². The number of aromatic nitrogens is 1. The van der Waals surface area contributed by atoms with Gasteiger partial charge in [0, 0.05) is 0 Å². The standard InChI is InChI=1S/C15H11FN2O2S/c16-13-7-6-12(8-17)15(18-13)21-10-14(19)20-9-11-4-2-1-3-5-11/h1-7H,9-10H2. The number of nitriles is 1. The van der Waals surface area contributed by atoms with Gasteiger partial charge in [-0.1, -0.05) is 42.1 Å². The lowest BCUT2D eigenvalue weighted by Gasteiger charge is -2.05. The second-order valence-corrected chi connectivity index (χ2v) is 5.00. The Morgan fingerprint density at radius 1 is 1.29 bits per heavy atom. The molecule has 0 N–H and O–H groups in total. The van der Waals surface area contributed by atoms with Crippen LogP contribution in [0.4, 0.5) is 4.39 Å². The van der Waals surface area contributed by atoms with Crippen LogP contribution < -0.4 is 0 Å². The molecule has 0 bridgehead atoms. The van der Waals surface area contributed by atoms with Crippen LogP contribution in [0.1, 0.15) is 11.1 Å². The van der Waals surface area contributed by atoms with Crippen LogP contribution >= 0.6 is 11.8 Å². The van der Waals surface area contributed by atoms with Crippen molar-refractivity contribution in [1.82, 2.24) is 4.98 Å². The Bertz CT molecular complexity index is 671. The number of carbonyl (C=O) groups is 1. The quantitative estimate of drug-likeness (QED) is 0.483. The van der Waals surface area contributed by atoms with E-state index in [-0.39, 0.29) is 22.9 Å². The molecule has 0 saturated carbocycles. The van der Waals surface area contributed by atoms with Crippen LogP contribution in [0, 0.1) is 17.3 Å². The van der Waals surface area contributed by atoms with Crippen molar-refractivity contribution in [2.45, 2.75) is 11.6 Å². The van der Waals surface area contributed by atoms with E-state index in [9.17, 15) is 9.18 Å². The van der Waals surface area contributed by atoms with E-state index in [0.717, 1.165) is 23.4 Å². The second-order valence-electron chi connectivity index (χ2n) is 4.03. The third-order valence-corrected chi connectivity index (χ3v) is 3.48. The summed E-state index contributed by atoms with van der Waals surface area (Å²) in [6.07, 6.45) is 0. The predicted molar refractivity (Wildman–Crippen MR) is 75.9 cm³/mol. The highest BCUT2D eigenvalue weighted by Crippen LogP contribution is 2.20. The Hall–Kier alpha value is -2.39. The summed E-state index contributed by atoms with van der Waals surface area (Å²) < 4.78 is 18.1. The van der Waals surface area contributed by atoms with E-state index in [1.165, 1.54) is 6.07 Å². The van der Waals surface area contributed by atoms with Gasteiger partial charge in [-0.15, -0.1) is 0 Å². The first-order chi connectivity index (χ1) is 10.2. The lowest BCUT2D eigenvalue weighted by Crippen LogP contribution is -2.07. The van der Waals surface area contributed by atoms with Crippen molar-refractivity contribution in [1.29, 1.82) is 5.26 Å². The van der Waals surface area contributed by atoms with E-state index >= 15 is 0 Å². The van der Waals surface area contributed by atoms with Crippen LogP contribution in [-0.4, -0.2) is 16.7 Å². The van der Waals surface area contributed by atoms with Gasteiger partial charge in [0.25, 0.3) is 0 Å². The largest absolute Gasteiger partial charge is 0.460 e. The minimum absolute atomic E-state index is 0.0298. The van der Waals surface area contributed by atoms with Crippen LogP contribution in [0.15, 0.2) is 47.5 Å². The number of ether oxygens (including phenoxy) is 1. The molecular formula is C15H11FN2O2S. The highest BCUT2D eigenvalue weighted by molar-refractivity contribution is 7.99. The predicted octanol–water partition coefficient (Wildman–Crippen LogP) is 2.93. The van der Waals surface area contributed by atoms with Crippen molar-refractivity contribution in [2.75, 3.05) is 5.75 Å². The number of carbonyl (C=O) groups excluding carboxylic acids is 1. The number of nitrogens with zero attached hydrogens (tertiary/aromatic N) is 2. The van der Waals surface area contributed by atoms with E-state index in [2.05, 4.69) is 4.98 Å². The fourth-order valence-electron chi connectivity index (χ4n) is 1.52. The van der Waals surface area contributed by atoms with E-state index in [0.29, 0.717) is 0 Å². The SMILES string of the molecule is N#Cc1ccc(F)nc1SCC(=O)OCc1ccccc1. The van der Waals surface area contributed by atoms with Crippen molar-refractivity contribution < 1.29 is 13.9 Å². The topological polar surface area (TPSA) is 63.0 Å². The van der Waals surface area contributed by atoms with Crippen LogP contribution in [0.3, 0.4) is 0 Å². The molecule has 2 aromatic rings. The summed E-state index contributed by atoms with van der Waals surface area (Å²) in [5.74, 6) is -1.16. The molecule has 1 heterocycles. The first-order valence-electron chi connectivity index (χ1n) is 6.08. The maximum absolute atomic E-state index is 13.0. The minimum Gasteiger partial charge on any atom is -0.460 e. The Labute approximate surface area is 125 Å². The molecule has 0 amide bonds. The van der Waals surface area contributed by atoms with Gasteiger partial charge in [0.2, 0.25) is 5.95 Å². The molecule has 1 aromatic heterocycles. The normalized spacial score (nSPS) is 9.90. The van der Waals surface area contributed by atoms with Gasteiger partial charge in [0.05, 0.1) is 11.3 Å². The lowest BCUT2D eigenvalue weighted by molar-refractivity contribution is -0.141. The van der Waals surface area contributed by atoms with E-state index in [4.69, 9.17) is 10.00 Å². The summed E-state index contributed by atoms with van der Waals surface area (Å²) in [5.41, 5.74) is 1.12. The smallest absolute Gasteiger partial charge is 0.316 e. The molecule has 2 rings (SSSR count). The zero-order valence-corrected chi connectivity index (χ0v) is 11.8. The van der Waals surface area contributed by atoms with Crippen LogP contribution in [-0.2, 0) is 16.1 Å². The van der Waals surface area contributed by atoms with E-state index in [1.807, 2.05) is 36.4 Å². The molecule has 106 valence electrons. The summed E-state index contributed by atoms with van der Waals surface area (Å²) in [7, 11) is 0. The zero-order valence-electron chi connectivity index (χ0n) is 11.0. The molecule has 1 aromatic carbocycles. The van der Waals surface area contributed by atoms with Crippen molar-refractivity contribution in [3.63, 3.8) is 0 Å². The van der Waals surface area contributed by atoms with Gasteiger partial charge >= 0.3 is 5.97 Å². The molecule has 0 aliphatic carbocycles. The van der Waals surface area contributed by atoms with Crippen molar-refractivity contribution in [2.24, 2.45) is 0 Å². The van der Waals surface area contributed by atoms with Gasteiger partial charge < -0.3 is 4.74 Å². The van der Waals surface area contributed by atoms with Crippen molar-refractivity contribution in [3.8, 4) is 6.07 Å². The first-order valence-corrected chi connectivity index (χ1v) is 7.06. The molecule has 0 aliphatic rings. The maximum atomic E-state index is 13.0.